The van der Waals surface area contributed by atoms with Crippen molar-refractivity contribution in [3.63, 3.8) is 0 Å². The summed E-state index contributed by atoms with van der Waals surface area (Å²) < 4.78 is 1.35. The molecule has 3 N–H and O–H groups in total. The summed E-state index contributed by atoms with van der Waals surface area (Å²) in [4.78, 5) is 41.7. The van der Waals surface area contributed by atoms with Gasteiger partial charge in [-0.05, 0) is 24.6 Å². The molecule has 120 valence electrons. The standard InChI is InChI=1S/C14H17B3N4O3/c1-5-19-7-3-2-6(15)10(18)9(7)12(23)21(5)8-4-14(16,17)13(24)20-11(8)22/h2-3,8H,4,15-18H2,1H3,(H,20,22,24). The summed E-state index contributed by atoms with van der Waals surface area (Å²) in [5.41, 5.74) is 7.36. The minimum absolute atomic E-state index is 0.233. The van der Waals surface area contributed by atoms with Crippen molar-refractivity contribution < 1.29 is 9.59 Å². The summed E-state index contributed by atoms with van der Waals surface area (Å²) in [5.74, 6) is -0.406. The number of nitrogens with zero attached hydrogens (tertiary/aromatic N) is 2. The van der Waals surface area contributed by atoms with E-state index in [0.29, 0.717) is 22.4 Å². The molecule has 2 aromatic rings. The SMILES string of the molecule is Bc1ccc2nc(C)n(C3CC(B)(B)C(=O)NC3=O)c(=O)c2c1N. The van der Waals surface area contributed by atoms with Gasteiger partial charge in [0.2, 0.25) is 11.8 Å². The second-order valence-corrected chi connectivity index (χ2v) is 6.95. The van der Waals surface area contributed by atoms with Gasteiger partial charge < -0.3 is 5.73 Å². The van der Waals surface area contributed by atoms with Gasteiger partial charge in [0.05, 0.1) is 10.9 Å². The van der Waals surface area contributed by atoms with Crippen LogP contribution in [0.25, 0.3) is 10.9 Å². The van der Waals surface area contributed by atoms with Gasteiger partial charge in [0.25, 0.3) is 5.56 Å². The Kier molecular flexibility index (Phi) is 3.58. The highest BCUT2D eigenvalue weighted by Crippen LogP contribution is 2.33. The van der Waals surface area contributed by atoms with Gasteiger partial charge in [-0.1, -0.05) is 11.5 Å². The summed E-state index contributed by atoms with van der Waals surface area (Å²) in [7, 11) is 5.30. The predicted molar refractivity (Wildman–Crippen MR) is 99.9 cm³/mol. The molecule has 1 aromatic carbocycles. The van der Waals surface area contributed by atoms with Gasteiger partial charge >= 0.3 is 0 Å². The number of hydrogen-bond donors (Lipinski definition) is 2. The van der Waals surface area contributed by atoms with Gasteiger partial charge in [0.1, 0.15) is 35.4 Å². The topological polar surface area (TPSA) is 107 Å². The number of amides is 2. The number of anilines is 1. The smallest absolute Gasteiger partial charge is 0.264 e. The van der Waals surface area contributed by atoms with E-state index < -0.39 is 17.2 Å². The molecule has 0 spiro atoms. The number of imide groups is 1. The molecule has 0 bridgehead atoms. The minimum atomic E-state index is -0.790. The molecule has 3 rings (SSSR count). The maximum Gasteiger partial charge on any atom is 0.264 e. The number of carbonyl (C=O) groups is 2. The summed E-state index contributed by atoms with van der Waals surface area (Å²) in [6, 6.07) is 2.76. The van der Waals surface area contributed by atoms with Crippen LogP contribution in [0, 0.1) is 6.92 Å². The monoisotopic (exact) mass is 322 g/mol. The molecular formula is C14H17B3N4O3. The molecular weight excluding hydrogens is 305 g/mol. The number of nitrogen functional groups attached to an aromatic ring is 1. The number of aryl methyl sites for hydroxylation is 1. The number of piperidine rings is 1. The van der Waals surface area contributed by atoms with Gasteiger partial charge in [-0.2, -0.15) is 0 Å². The molecule has 1 aliphatic heterocycles. The Morgan fingerprint density at radius 1 is 1.33 bits per heavy atom. The van der Waals surface area contributed by atoms with Crippen LogP contribution in [-0.4, -0.2) is 44.9 Å². The maximum absolute atomic E-state index is 13.0. The first-order valence-electron chi connectivity index (χ1n) is 7.76. The zero-order chi connectivity index (χ0) is 17.8. The van der Waals surface area contributed by atoms with E-state index in [9.17, 15) is 14.4 Å². The van der Waals surface area contributed by atoms with E-state index in [1.165, 1.54) is 4.57 Å². The van der Waals surface area contributed by atoms with Crippen LogP contribution < -0.4 is 22.1 Å². The molecule has 1 aromatic heterocycles. The lowest BCUT2D eigenvalue weighted by Crippen LogP contribution is -2.52. The van der Waals surface area contributed by atoms with Gasteiger partial charge in [-0.3, -0.25) is 24.3 Å². The van der Waals surface area contributed by atoms with Crippen LogP contribution in [0.15, 0.2) is 16.9 Å². The van der Waals surface area contributed by atoms with Gasteiger partial charge in [0.15, 0.2) is 0 Å². The van der Waals surface area contributed by atoms with Crippen molar-refractivity contribution in [1.29, 1.82) is 0 Å². The van der Waals surface area contributed by atoms with Crippen LogP contribution >= 0.6 is 0 Å². The molecule has 1 atom stereocenters. The zero-order valence-electron chi connectivity index (χ0n) is 14.1. The molecule has 0 aliphatic carbocycles. The quantitative estimate of drug-likeness (QED) is 0.322. The van der Waals surface area contributed by atoms with E-state index in [1.807, 2.05) is 13.9 Å². The van der Waals surface area contributed by atoms with E-state index in [-0.39, 0.29) is 17.9 Å². The van der Waals surface area contributed by atoms with Crippen molar-refractivity contribution in [2.75, 3.05) is 5.73 Å². The molecule has 7 nitrogen and oxygen atoms in total. The Labute approximate surface area is 141 Å². The Hall–Kier alpha value is -2.51. The normalized spacial score (nSPS) is 20.1. The number of hydrogen-bond acceptors (Lipinski definition) is 5. The minimum Gasteiger partial charge on any atom is -0.398 e. The first kappa shape index (κ1) is 16.4. The zero-order valence-corrected chi connectivity index (χ0v) is 14.1. The van der Waals surface area contributed by atoms with Crippen molar-refractivity contribution in [3.05, 3.63) is 28.3 Å². The van der Waals surface area contributed by atoms with Crippen LogP contribution in [0.4, 0.5) is 5.69 Å². The van der Waals surface area contributed by atoms with Crippen LogP contribution in [0.2, 0.25) is 5.21 Å². The molecule has 2 amide bonds. The Bertz CT molecular complexity index is 954. The van der Waals surface area contributed by atoms with Crippen LogP contribution in [0.1, 0.15) is 18.3 Å². The van der Waals surface area contributed by atoms with Crippen molar-refractivity contribution >= 4 is 57.4 Å². The number of nitrogens with two attached hydrogens (primary N) is 1. The first-order valence-corrected chi connectivity index (χ1v) is 7.76. The third kappa shape index (κ3) is 2.33. The molecule has 10 heteroatoms. The van der Waals surface area contributed by atoms with Crippen LogP contribution in [-0.2, 0) is 9.59 Å². The Morgan fingerprint density at radius 2 is 2.00 bits per heavy atom. The molecule has 1 unspecified atom stereocenters. The van der Waals surface area contributed by atoms with Gasteiger partial charge in [-0.25, -0.2) is 4.98 Å². The Morgan fingerprint density at radius 3 is 2.67 bits per heavy atom. The highest BCUT2D eigenvalue weighted by molar-refractivity contribution is 6.52. The molecule has 1 fully saturated rings. The summed E-state index contributed by atoms with van der Waals surface area (Å²) >= 11 is 0. The highest BCUT2D eigenvalue weighted by Gasteiger charge is 2.41. The molecule has 24 heavy (non-hydrogen) atoms. The second kappa shape index (κ2) is 5.26. The van der Waals surface area contributed by atoms with Crippen molar-refractivity contribution in [1.82, 2.24) is 14.9 Å². The summed E-state index contributed by atoms with van der Waals surface area (Å²) in [6.45, 7) is 1.67. The lowest BCUT2D eigenvalue weighted by molar-refractivity contribution is -0.136. The number of benzene rings is 1. The third-order valence-corrected chi connectivity index (χ3v) is 4.67. The van der Waals surface area contributed by atoms with Crippen LogP contribution in [0.5, 0.6) is 0 Å². The number of nitrogens with one attached hydrogen (secondary N) is 1. The van der Waals surface area contributed by atoms with E-state index in [1.54, 1.807) is 28.7 Å². The number of carbonyl (C=O) groups excluding carboxylic acids is 2. The van der Waals surface area contributed by atoms with Crippen molar-refractivity contribution in [2.24, 2.45) is 0 Å². The average molecular weight is 322 g/mol. The van der Waals surface area contributed by atoms with Gasteiger partial charge in [0, 0.05) is 5.69 Å². The fourth-order valence-electron chi connectivity index (χ4n) is 3.13. The van der Waals surface area contributed by atoms with Crippen LogP contribution in [0.3, 0.4) is 0 Å². The Balaban J connectivity index is 2.27. The molecule has 0 radical (unpaired) electrons. The van der Waals surface area contributed by atoms with Crippen molar-refractivity contribution in [2.45, 2.75) is 24.6 Å². The predicted octanol–water partition coefficient (Wildman–Crippen LogP) is -3.48. The third-order valence-electron chi connectivity index (χ3n) is 4.67. The molecule has 1 aliphatic rings. The van der Waals surface area contributed by atoms with E-state index in [2.05, 4.69) is 10.3 Å². The summed E-state index contributed by atoms with van der Waals surface area (Å²) in [5, 5.41) is 1.91. The lowest BCUT2D eigenvalue weighted by atomic mass is 9.50. The largest absolute Gasteiger partial charge is 0.398 e. The molecule has 1 saturated heterocycles. The fourth-order valence-corrected chi connectivity index (χ4v) is 3.13. The maximum atomic E-state index is 13.0. The highest BCUT2D eigenvalue weighted by atomic mass is 16.2. The van der Waals surface area contributed by atoms with Crippen molar-refractivity contribution in [3.8, 4) is 0 Å². The van der Waals surface area contributed by atoms with E-state index in [0.717, 1.165) is 5.46 Å². The lowest BCUT2D eigenvalue weighted by Gasteiger charge is -2.34. The average Bonchev–Trinajstić information content (AvgIpc) is 2.48. The van der Waals surface area contributed by atoms with Gasteiger partial charge in [-0.15, -0.1) is 0 Å². The fraction of sp³-hybridized carbons (Fsp3) is 0.286. The molecule has 0 saturated carbocycles. The van der Waals surface area contributed by atoms with E-state index >= 15 is 0 Å². The summed E-state index contributed by atoms with van der Waals surface area (Å²) in [6.07, 6.45) is 0.233. The van der Waals surface area contributed by atoms with E-state index in [4.69, 9.17) is 5.73 Å². The molecule has 2 heterocycles. The number of fused-ring (bicyclic) bond motifs is 1. The second-order valence-electron chi connectivity index (χ2n) is 6.95. The first-order chi connectivity index (χ1) is 11.1. The number of aromatic nitrogens is 2. The number of rotatable bonds is 1.